The molecule has 4 aromatic rings. The molecule has 3 aromatic heterocycles. The summed E-state index contributed by atoms with van der Waals surface area (Å²) in [6.45, 7) is 7.88. The molecule has 4 heterocycles. The lowest BCUT2D eigenvalue weighted by Crippen LogP contribution is -2.61. The van der Waals surface area contributed by atoms with E-state index < -0.39 is 17.0 Å². The average molecular weight is 560 g/mol. The third kappa shape index (κ3) is 5.40. The quantitative estimate of drug-likeness (QED) is 0.324. The number of anilines is 3. The van der Waals surface area contributed by atoms with Crippen LogP contribution in [0.1, 0.15) is 33.3 Å². The fourth-order valence-electron chi connectivity index (χ4n) is 5.23. The minimum atomic E-state index is -1.05. The molecule has 1 amide bonds. The first-order valence-corrected chi connectivity index (χ1v) is 13.2. The van der Waals surface area contributed by atoms with Crippen LogP contribution in [0.15, 0.2) is 48.9 Å². The topological polar surface area (TPSA) is 137 Å². The Morgan fingerprint density at radius 3 is 2.56 bits per heavy atom. The Hall–Kier alpha value is -4.63. The minimum Gasteiger partial charge on any atom is -0.368 e. The minimum absolute atomic E-state index is 0.0705. The molecule has 12 heteroatoms. The third-order valence-corrected chi connectivity index (χ3v) is 7.45. The summed E-state index contributed by atoms with van der Waals surface area (Å²) in [7, 11) is 0. The molecule has 0 spiro atoms. The van der Waals surface area contributed by atoms with Crippen molar-refractivity contribution < 1.29 is 13.6 Å². The monoisotopic (exact) mass is 559 g/mol. The molecule has 1 aliphatic rings. The van der Waals surface area contributed by atoms with Crippen LogP contribution in [-0.2, 0) is 10.2 Å². The van der Waals surface area contributed by atoms with Gasteiger partial charge in [0.2, 0.25) is 11.9 Å². The van der Waals surface area contributed by atoms with Gasteiger partial charge >= 0.3 is 0 Å². The zero-order chi connectivity index (χ0) is 29.5. The van der Waals surface area contributed by atoms with Gasteiger partial charge in [-0.15, -0.1) is 0 Å². The Balaban J connectivity index is 1.46. The van der Waals surface area contributed by atoms with Crippen LogP contribution in [0.3, 0.4) is 0 Å². The van der Waals surface area contributed by atoms with Crippen LogP contribution in [0.4, 0.5) is 26.1 Å². The maximum Gasteiger partial charge on any atom is 0.229 e. The van der Waals surface area contributed by atoms with Crippen LogP contribution in [0.5, 0.6) is 0 Å². The number of halogens is 2. The van der Waals surface area contributed by atoms with Crippen molar-refractivity contribution in [2.24, 2.45) is 11.7 Å². The van der Waals surface area contributed by atoms with Crippen molar-refractivity contribution in [2.45, 2.75) is 45.2 Å². The molecule has 3 atom stereocenters. The number of amides is 1. The number of carbonyl (C=O) groups is 1. The number of nitrogens with one attached hydrogen (secondary N) is 2. The van der Waals surface area contributed by atoms with Gasteiger partial charge in [0.1, 0.15) is 11.6 Å². The first kappa shape index (κ1) is 27.9. The van der Waals surface area contributed by atoms with Crippen molar-refractivity contribution in [2.75, 3.05) is 23.3 Å². The lowest BCUT2D eigenvalue weighted by atomic mass is 9.85. The first-order valence-electron chi connectivity index (χ1n) is 13.2. The highest BCUT2D eigenvalue weighted by Gasteiger charge is 2.34. The number of hydrogen-bond donors (Lipinski definition) is 3. The summed E-state index contributed by atoms with van der Waals surface area (Å²) >= 11 is 0. The van der Waals surface area contributed by atoms with Gasteiger partial charge in [0.15, 0.2) is 0 Å². The van der Waals surface area contributed by atoms with E-state index in [1.165, 1.54) is 29.6 Å². The van der Waals surface area contributed by atoms with Crippen LogP contribution >= 0.6 is 0 Å². The molecule has 1 aliphatic heterocycles. The molecule has 5 rings (SSSR count). The second-order valence-electron chi connectivity index (χ2n) is 11.0. The predicted molar refractivity (Wildman–Crippen MR) is 151 cm³/mol. The number of nitriles is 1. The number of rotatable bonds is 6. The second kappa shape index (κ2) is 10.7. The number of hydrogen-bond acceptors (Lipinski definition) is 8. The molecular formula is C29H31F2N9O. The highest BCUT2D eigenvalue weighted by atomic mass is 19.1. The smallest absolute Gasteiger partial charge is 0.229 e. The van der Waals surface area contributed by atoms with Crippen molar-refractivity contribution in [3.05, 3.63) is 66.1 Å². The standard InChI is InChI=1S/C29H31F2N9O/c1-16-13-39(14-22(33)27(16)36-17(2)41)25-7-8-34-12-24(25)37-28-35-11-19-5-6-23(38-40(19)28)26-20(30)9-18(10-21(26)31)29(3,4)15-32/h5-12,16,22,27H,13-14,33H2,1-4H3,(H,35,37)(H,36,41). The van der Waals surface area contributed by atoms with Gasteiger partial charge in [-0.05, 0) is 55.7 Å². The van der Waals surface area contributed by atoms with E-state index in [0.717, 1.165) is 5.69 Å². The Morgan fingerprint density at radius 2 is 1.90 bits per heavy atom. The van der Waals surface area contributed by atoms with Crippen LogP contribution in [0, 0.1) is 28.9 Å². The summed E-state index contributed by atoms with van der Waals surface area (Å²) in [5.41, 5.74) is 7.50. The maximum absolute atomic E-state index is 15.2. The molecule has 1 fully saturated rings. The van der Waals surface area contributed by atoms with Gasteiger partial charge < -0.3 is 21.3 Å². The van der Waals surface area contributed by atoms with E-state index in [9.17, 15) is 10.1 Å². The van der Waals surface area contributed by atoms with Gasteiger partial charge in [0, 0.05) is 38.3 Å². The van der Waals surface area contributed by atoms with Crippen LogP contribution in [0.2, 0.25) is 0 Å². The van der Waals surface area contributed by atoms with E-state index >= 15 is 8.78 Å². The Kier molecular flexibility index (Phi) is 7.31. The van der Waals surface area contributed by atoms with Gasteiger partial charge in [-0.1, -0.05) is 6.92 Å². The summed E-state index contributed by atoms with van der Waals surface area (Å²) in [4.78, 5) is 22.5. The van der Waals surface area contributed by atoms with Gasteiger partial charge in [-0.25, -0.2) is 13.8 Å². The highest BCUT2D eigenvalue weighted by molar-refractivity contribution is 5.75. The van der Waals surface area contributed by atoms with Crippen molar-refractivity contribution in [3.8, 4) is 17.3 Å². The molecule has 1 saturated heterocycles. The molecular weight excluding hydrogens is 528 g/mol. The van der Waals surface area contributed by atoms with E-state index in [1.54, 1.807) is 38.5 Å². The van der Waals surface area contributed by atoms with Crippen LogP contribution < -0.4 is 21.3 Å². The molecule has 4 N–H and O–H groups in total. The van der Waals surface area contributed by atoms with Crippen molar-refractivity contribution >= 4 is 28.7 Å². The number of nitrogens with zero attached hydrogens (tertiary/aromatic N) is 6. The first-order chi connectivity index (χ1) is 19.5. The lowest BCUT2D eigenvalue weighted by Gasteiger charge is -2.42. The second-order valence-corrected chi connectivity index (χ2v) is 11.0. The van der Waals surface area contributed by atoms with E-state index in [1.807, 2.05) is 13.0 Å². The van der Waals surface area contributed by atoms with E-state index in [-0.39, 0.29) is 40.7 Å². The van der Waals surface area contributed by atoms with Gasteiger partial charge in [0.05, 0.1) is 52.0 Å². The summed E-state index contributed by atoms with van der Waals surface area (Å²) in [5.74, 6) is -1.32. The maximum atomic E-state index is 15.2. The van der Waals surface area contributed by atoms with Crippen molar-refractivity contribution in [1.29, 1.82) is 5.26 Å². The zero-order valence-corrected chi connectivity index (χ0v) is 23.2. The van der Waals surface area contributed by atoms with E-state index in [0.29, 0.717) is 30.2 Å². The SMILES string of the molecule is CC(=O)NC1C(C)CN(c2ccncc2Nc2ncc3ccc(-c4c(F)cc(C(C)(C)C#N)cc4F)nn23)CC1N. The number of aromatic nitrogens is 4. The molecule has 0 bridgehead atoms. The molecule has 0 saturated carbocycles. The predicted octanol–water partition coefficient (Wildman–Crippen LogP) is 3.90. The Labute approximate surface area is 236 Å². The van der Waals surface area contributed by atoms with Gasteiger partial charge in [-0.3, -0.25) is 9.78 Å². The summed E-state index contributed by atoms with van der Waals surface area (Å²) in [5, 5.41) is 20.1. The van der Waals surface area contributed by atoms with Crippen molar-refractivity contribution in [1.82, 2.24) is 24.9 Å². The number of imidazole rings is 1. The average Bonchev–Trinajstić information content (AvgIpc) is 3.32. The highest BCUT2D eigenvalue weighted by Crippen LogP contribution is 2.33. The van der Waals surface area contributed by atoms with E-state index in [2.05, 4.69) is 36.7 Å². The molecule has 1 aromatic carbocycles. The fourth-order valence-corrected chi connectivity index (χ4v) is 5.23. The van der Waals surface area contributed by atoms with Crippen LogP contribution in [0.25, 0.3) is 16.8 Å². The molecule has 0 radical (unpaired) electrons. The van der Waals surface area contributed by atoms with Gasteiger partial charge in [0.25, 0.3) is 0 Å². The number of pyridine rings is 1. The molecule has 41 heavy (non-hydrogen) atoms. The Bertz CT molecular complexity index is 1630. The lowest BCUT2D eigenvalue weighted by molar-refractivity contribution is -0.120. The van der Waals surface area contributed by atoms with Crippen LogP contribution in [-0.4, -0.2) is 50.7 Å². The zero-order valence-electron chi connectivity index (χ0n) is 23.2. The molecule has 3 unspecified atom stereocenters. The normalized spacial score (nSPS) is 19.2. The number of piperidine rings is 1. The summed E-state index contributed by atoms with van der Waals surface area (Å²) < 4.78 is 31.8. The summed E-state index contributed by atoms with van der Waals surface area (Å²) in [6.07, 6.45) is 4.93. The fraction of sp³-hybridized carbons (Fsp3) is 0.345. The van der Waals surface area contributed by atoms with Crippen molar-refractivity contribution in [3.63, 3.8) is 0 Å². The number of benzene rings is 1. The molecule has 212 valence electrons. The van der Waals surface area contributed by atoms with E-state index in [4.69, 9.17) is 5.73 Å². The Morgan fingerprint density at radius 1 is 1.17 bits per heavy atom. The largest absolute Gasteiger partial charge is 0.368 e. The number of carbonyl (C=O) groups excluding carboxylic acids is 1. The number of fused-ring (bicyclic) bond motifs is 1. The summed E-state index contributed by atoms with van der Waals surface area (Å²) in [6, 6.07) is 9.04. The molecule has 10 nitrogen and oxygen atoms in total. The third-order valence-electron chi connectivity index (χ3n) is 7.45. The molecule has 0 aliphatic carbocycles. The van der Waals surface area contributed by atoms with Gasteiger partial charge in [-0.2, -0.15) is 14.9 Å². The number of nitrogens with two attached hydrogens (primary N) is 1.